The summed E-state index contributed by atoms with van der Waals surface area (Å²) in [4.78, 5) is 0. The Balaban J connectivity index is 0. The zero-order valence-electron chi connectivity index (χ0n) is 4.71. The van der Waals surface area contributed by atoms with Crippen LogP contribution in [0.15, 0.2) is 0 Å². The SMILES string of the molecule is [AlH3].[H-].[H-].[H-].[Li+].[SiH4].[Sr+2]. The van der Waals surface area contributed by atoms with Gasteiger partial charge >= 0.3 is 64.3 Å². The third-order valence-electron chi connectivity index (χ3n) is 0. The predicted molar refractivity (Wildman–Crippen MR) is 30.4 cm³/mol. The smallest absolute Gasteiger partial charge is 1.00 e. The molecular weight excluding hydrogens is 150 g/mol. The van der Waals surface area contributed by atoms with Gasteiger partial charge in [0.1, 0.15) is 0 Å². The van der Waals surface area contributed by atoms with Crippen LogP contribution in [0, 0.1) is 0 Å². The maximum absolute atomic E-state index is 0. The van der Waals surface area contributed by atoms with Gasteiger partial charge in [-0.15, -0.1) is 0 Å². The molecule has 0 unspecified atom stereocenters. The molecule has 0 aliphatic carbocycles. The van der Waals surface area contributed by atoms with Crippen LogP contribution in [0.5, 0.6) is 0 Å². The van der Waals surface area contributed by atoms with Crippen LogP contribution in [0.25, 0.3) is 0 Å². The normalized spacial score (nSPS) is 0. The molecule has 0 aromatic heterocycles. The molecule has 4 heteroatoms. The Kier molecular flexibility index (Phi) is 123. The topological polar surface area (TPSA) is 0 Å². The molecule has 0 saturated heterocycles. The van der Waals surface area contributed by atoms with Crippen molar-refractivity contribution in [3.8, 4) is 0 Å². The molecule has 0 atom stereocenters. The van der Waals surface area contributed by atoms with Gasteiger partial charge in [-0.1, -0.05) is 0 Å². The van der Waals surface area contributed by atoms with E-state index in [4.69, 9.17) is 0 Å². The molecule has 0 amide bonds. The molecule has 0 bridgehead atoms. The molecule has 0 radical (unpaired) electrons. The minimum absolute atomic E-state index is 0. The summed E-state index contributed by atoms with van der Waals surface area (Å²) in [5.74, 6) is 0. The van der Waals surface area contributed by atoms with E-state index in [1.165, 1.54) is 0 Å². The monoisotopic (exact) mass is 160 g/mol. The minimum atomic E-state index is 0. The van der Waals surface area contributed by atoms with Crippen LogP contribution in [-0.2, 0) is 0 Å². The van der Waals surface area contributed by atoms with Gasteiger partial charge < -0.3 is 4.28 Å². The number of hydrogen-bond donors (Lipinski definition) is 0. The Morgan fingerprint density at radius 2 is 1.25 bits per heavy atom. The second-order valence-electron chi connectivity index (χ2n) is 0. The fourth-order valence-corrected chi connectivity index (χ4v) is 0. The summed E-state index contributed by atoms with van der Waals surface area (Å²) in [7, 11) is 0. The first kappa shape index (κ1) is 29.0. The van der Waals surface area contributed by atoms with E-state index in [0.29, 0.717) is 0 Å². The molecule has 4 heavy (non-hydrogen) atoms. The van der Waals surface area contributed by atoms with Crippen LogP contribution < -0.4 is 18.9 Å². The summed E-state index contributed by atoms with van der Waals surface area (Å²) >= 11 is 0. The van der Waals surface area contributed by atoms with Crippen molar-refractivity contribution in [3.05, 3.63) is 0 Å². The quantitative estimate of drug-likeness (QED) is 0.309. The standard InChI is InChI=1S/Al.Li.H4Si.Sr.6H/h;;1H4;;;;;;;/q;+1;;+2;;;;3*-1. The van der Waals surface area contributed by atoms with E-state index in [0.717, 1.165) is 0 Å². The van der Waals surface area contributed by atoms with Crippen LogP contribution >= 0.6 is 0 Å². The maximum Gasteiger partial charge on any atom is 2.00 e. The van der Waals surface area contributed by atoms with Crippen LogP contribution in [0.1, 0.15) is 4.28 Å². The van der Waals surface area contributed by atoms with Crippen molar-refractivity contribution in [2.75, 3.05) is 0 Å². The molecule has 0 fully saturated rings. The molecule has 20 valence electrons. The second kappa shape index (κ2) is 17.0. The molecular formula is H10AlLiSiSr. The molecule has 0 aliphatic rings. The fourth-order valence-electron chi connectivity index (χ4n) is 0. The zero-order chi connectivity index (χ0) is 0. The van der Waals surface area contributed by atoms with E-state index in [2.05, 4.69) is 0 Å². The van der Waals surface area contributed by atoms with Gasteiger partial charge in [0.05, 0.1) is 0 Å². The summed E-state index contributed by atoms with van der Waals surface area (Å²) in [6.07, 6.45) is 0. The average molecular weight is 160 g/mol. The van der Waals surface area contributed by atoms with Gasteiger partial charge in [0.25, 0.3) is 0 Å². The maximum atomic E-state index is 0. The fraction of sp³-hybridized carbons (Fsp3) is 0. The third-order valence-corrected chi connectivity index (χ3v) is 0. The average Bonchev–Trinajstić information content (AvgIpc) is 0. The Morgan fingerprint density at radius 1 is 1.25 bits per heavy atom. The van der Waals surface area contributed by atoms with E-state index < -0.39 is 0 Å². The molecule has 0 aromatic rings. The van der Waals surface area contributed by atoms with Crippen molar-refractivity contribution in [2.24, 2.45) is 0 Å². The van der Waals surface area contributed by atoms with E-state index in [9.17, 15) is 0 Å². The Bertz CT molecular complexity index is 14.9. The zero-order valence-corrected chi connectivity index (χ0v) is 5.18. The van der Waals surface area contributed by atoms with Crippen LogP contribution in [-0.4, -0.2) is 73.8 Å². The van der Waals surface area contributed by atoms with Crippen LogP contribution in [0.4, 0.5) is 0 Å². The Hall–Kier alpha value is 2.83. The van der Waals surface area contributed by atoms with Gasteiger partial charge in [0.15, 0.2) is 17.4 Å². The van der Waals surface area contributed by atoms with Crippen molar-refractivity contribution in [2.45, 2.75) is 0 Å². The minimum Gasteiger partial charge on any atom is -1.00 e. The van der Waals surface area contributed by atoms with E-state index >= 15 is 0 Å². The molecule has 0 rings (SSSR count). The Labute approximate surface area is 95.2 Å². The van der Waals surface area contributed by atoms with Gasteiger partial charge in [0.2, 0.25) is 0 Å². The largest absolute Gasteiger partial charge is 2.00 e. The summed E-state index contributed by atoms with van der Waals surface area (Å²) in [5.41, 5.74) is 0. The van der Waals surface area contributed by atoms with Gasteiger partial charge in [-0.3, -0.25) is 0 Å². The second-order valence-corrected chi connectivity index (χ2v) is 0. The predicted octanol–water partition coefficient (Wildman–Crippen LogP) is -5.67. The summed E-state index contributed by atoms with van der Waals surface area (Å²) in [6, 6.07) is 0. The van der Waals surface area contributed by atoms with E-state index in [1.807, 2.05) is 0 Å². The van der Waals surface area contributed by atoms with Crippen molar-refractivity contribution in [1.29, 1.82) is 0 Å². The van der Waals surface area contributed by atoms with Crippen LogP contribution in [0.3, 0.4) is 0 Å². The van der Waals surface area contributed by atoms with Gasteiger partial charge in [-0.05, 0) is 11.0 Å². The molecule has 0 aromatic carbocycles. The first-order chi connectivity index (χ1) is 0. The summed E-state index contributed by atoms with van der Waals surface area (Å²) in [5, 5.41) is 0. The number of rotatable bonds is 0. The molecule has 0 aliphatic heterocycles. The first-order valence-corrected chi connectivity index (χ1v) is 0. The van der Waals surface area contributed by atoms with Crippen molar-refractivity contribution < 1.29 is 23.1 Å². The van der Waals surface area contributed by atoms with Gasteiger partial charge in [-0.25, -0.2) is 0 Å². The Morgan fingerprint density at radius 3 is 1.25 bits per heavy atom. The van der Waals surface area contributed by atoms with Crippen molar-refractivity contribution in [1.82, 2.24) is 0 Å². The van der Waals surface area contributed by atoms with E-state index in [1.54, 1.807) is 0 Å². The third kappa shape index (κ3) is 8.85. The summed E-state index contributed by atoms with van der Waals surface area (Å²) < 4.78 is 0. The van der Waals surface area contributed by atoms with Crippen LogP contribution in [0.2, 0.25) is 0 Å². The molecule has 0 heterocycles. The molecule has 0 N–H and O–H groups in total. The van der Waals surface area contributed by atoms with E-state index in [-0.39, 0.29) is 96.9 Å². The molecule has 0 spiro atoms. The van der Waals surface area contributed by atoms with Gasteiger partial charge in [-0.2, -0.15) is 0 Å². The number of hydrogen-bond acceptors (Lipinski definition) is 0. The molecule has 0 nitrogen and oxygen atoms in total. The van der Waals surface area contributed by atoms with Gasteiger partial charge in [0, 0.05) is 0 Å². The van der Waals surface area contributed by atoms with Crippen molar-refractivity contribution in [3.63, 3.8) is 0 Å². The van der Waals surface area contributed by atoms with Crippen molar-refractivity contribution >= 4 is 73.8 Å². The molecule has 0 saturated carbocycles. The first-order valence-electron chi connectivity index (χ1n) is 0. The summed E-state index contributed by atoms with van der Waals surface area (Å²) in [6.45, 7) is 0.